The predicted octanol–water partition coefficient (Wildman–Crippen LogP) is 4.12. The third-order valence-corrected chi connectivity index (χ3v) is 3.26. The van der Waals surface area contributed by atoms with Gasteiger partial charge >= 0.3 is 0 Å². The number of nitriles is 1. The minimum Gasteiger partial charge on any atom is -0.452 e. The summed E-state index contributed by atoms with van der Waals surface area (Å²) in [6.07, 6.45) is 0. The number of hydrogen-bond acceptors (Lipinski definition) is 4. The standard InChI is InChI=1S/C17H14N2O2/c1-11(19)12-5-4-6-13(9-12)20-17-14-7-2-3-8-15(14)21-16(17)10-18/h2-9,11H,19H2,1H3. The Morgan fingerprint density at radius 3 is 2.76 bits per heavy atom. The fraction of sp³-hybridized carbons (Fsp3) is 0.118. The second kappa shape index (κ2) is 5.31. The molecule has 4 nitrogen and oxygen atoms in total. The molecular formula is C17H14N2O2. The number of para-hydroxylation sites is 1. The van der Waals surface area contributed by atoms with Crippen molar-refractivity contribution in [1.29, 1.82) is 5.26 Å². The number of hydrogen-bond donors (Lipinski definition) is 1. The number of rotatable bonds is 3. The SMILES string of the molecule is CC(N)c1cccc(Oc2c(C#N)oc3ccccc23)c1. The van der Waals surface area contributed by atoms with E-state index in [4.69, 9.17) is 14.9 Å². The van der Waals surface area contributed by atoms with Crippen LogP contribution in [0.3, 0.4) is 0 Å². The van der Waals surface area contributed by atoms with Gasteiger partial charge in [0.1, 0.15) is 17.4 Å². The Morgan fingerprint density at radius 2 is 2.00 bits per heavy atom. The van der Waals surface area contributed by atoms with Crippen molar-refractivity contribution in [2.24, 2.45) is 5.73 Å². The first-order valence-corrected chi connectivity index (χ1v) is 6.64. The van der Waals surface area contributed by atoms with E-state index in [9.17, 15) is 5.26 Å². The lowest BCUT2D eigenvalue weighted by molar-refractivity contribution is 0.466. The van der Waals surface area contributed by atoms with E-state index in [1.165, 1.54) is 0 Å². The maximum Gasteiger partial charge on any atom is 0.247 e. The largest absolute Gasteiger partial charge is 0.452 e. The van der Waals surface area contributed by atoms with Crippen molar-refractivity contribution < 1.29 is 9.15 Å². The van der Waals surface area contributed by atoms with E-state index in [2.05, 4.69) is 0 Å². The molecule has 21 heavy (non-hydrogen) atoms. The highest BCUT2D eigenvalue weighted by Gasteiger charge is 2.16. The molecule has 3 rings (SSSR count). The van der Waals surface area contributed by atoms with Gasteiger partial charge in [-0.2, -0.15) is 5.26 Å². The summed E-state index contributed by atoms with van der Waals surface area (Å²) in [5.74, 6) is 1.24. The van der Waals surface area contributed by atoms with Crippen LogP contribution in [-0.2, 0) is 0 Å². The van der Waals surface area contributed by atoms with Crippen LogP contribution in [0.25, 0.3) is 11.0 Å². The molecule has 1 heterocycles. The van der Waals surface area contributed by atoms with E-state index < -0.39 is 0 Å². The van der Waals surface area contributed by atoms with Crippen LogP contribution >= 0.6 is 0 Å². The second-order valence-corrected chi connectivity index (χ2v) is 4.83. The van der Waals surface area contributed by atoms with E-state index in [0.717, 1.165) is 10.9 Å². The highest BCUT2D eigenvalue weighted by molar-refractivity contribution is 5.86. The monoisotopic (exact) mass is 278 g/mol. The molecule has 0 bridgehead atoms. The third-order valence-electron chi connectivity index (χ3n) is 3.26. The summed E-state index contributed by atoms with van der Waals surface area (Å²) in [6.45, 7) is 1.91. The van der Waals surface area contributed by atoms with Crippen LogP contribution in [0.5, 0.6) is 11.5 Å². The summed E-state index contributed by atoms with van der Waals surface area (Å²) in [7, 11) is 0. The number of fused-ring (bicyclic) bond motifs is 1. The topological polar surface area (TPSA) is 72.2 Å². The van der Waals surface area contributed by atoms with E-state index in [0.29, 0.717) is 17.1 Å². The van der Waals surface area contributed by atoms with Crippen LogP contribution < -0.4 is 10.5 Å². The Labute approximate surface area is 122 Å². The van der Waals surface area contributed by atoms with Crippen LogP contribution in [0, 0.1) is 11.3 Å². The molecule has 1 atom stereocenters. The molecule has 2 N–H and O–H groups in total. The molecule has 0 fully saturated rings. The molecule has 1 unspecified atom stereocenters. The summed E-state index contributed by atoms with van der Waals surface area (Å²) in [5.41, 5.74) is 7.48. The number of furan rings is 1. The summed E-state index contributed by atoms with van der Waals surface area (Å²) >= 11 is 0. The van der Waals surface area contributed by atoms with E-state index >= 15 is 0 Å². The Kier molecular flexibility index (Phi) is 3.35. The van der Waals surface area contributed by atoms with Gasteiger partial charge in [0.15, 0.2) is 5.75 Å². The number of nitrogens with zero attached hydrogens (tertiary/aromatic N) is 1. The number of nitrogens with two attached hydrogens (primary N) is 1. The Balaban J connectivity index is 2.06. The first-order valence-electron chi connectivity index (χ1n) is 6.64. The lowest BCUT2D eigenvalue weighted by Crippen LogP contribution is -2.04. The summed E-state index contributed by atoms with van der Waals surface area (Å²) in [5, 5.41) is 9.97. The zero-order valence-corrected chi connectivity index (χ0v) is 11.5. The fourth-order valence-electron chi connectivity index (χ4n) is 2.18. The normalized spacial score (nSPS) is 12.0. The van der Waals surface area contributed by atoms with Gasteiger partial charge in [0, 0.05) is 6.04 Å². The first-order chi connectivity index (χ1) is 10.2. The molecule has 4 heteroatoms. The van der Waals surface area contributed by atoms with Gasteiger partial charge in [-0.05, 0) is 36.8 Å². The van der Waals surface area contributed by atoms with Gasteiger partial charge in [-0.25, -0.2) is 0 Å². The van der Waals surface area contributed by atoms with E-state index in [1.807, 2.05) is 55.5 Å². The molecule has 2 aromatic carbocycles. The Hall–Kier alpha value is -2.77. The van der Waals surface area contributed by atoms with Crippen molar-refractivity contribution >= 4 is 11.0 Å². The van der Waals surface area contributed by atoms with Crippen LogP contribution in [0.15, 0.2) is 52.9 Å². The van der Waals surface area contributed by atoms with Crippen molar-refractivity contribution in [2.45, 2.75) is 13.0 Å². The molecule has 0 saturated carbocycles. The number of ether oxygens (including phenoxy) is 1. The first kappa shape index (κ1) is 13.2. The van der Waals surface area contributed by atoms with Crippen LogP contribution in [-0.4, -0.2) is 0 Å². The lowest BCUT2D eigenvalue weighted by Gasteiger charge is -2.09. The van der Waals surface area contributed by atoms with Crippen molar-refractivity contribution in [2.75, 3.05) is 0 Å². The molecule has 0 aliphatic rings. The van der Waals surface area contributed by atoms with Crippen LogP contribution in [0.4, 0.5) is 0 Å². The second-order valence-electron chi connectivity index (χ2n) is 4.83. The van der Waals surface area contributed by atoms with Crippen molar-refractivity contribution in [3.63, 3.8) is 0 Å². The molecule has 0 spiro atoms. The maximum atomic E-state index is 9.20. The average Bonchev–Trinajstić information content (AvgIpc) is 2.86. The molecule has 0 radical (unpaired) electrons. The smallest absolute Gasteiger partial charge is 0.247 e. The molecule has 0 amide bonds. The fourth-order valence-corrected chi connectivity index (χ4v) is 2.18. The molecule has 0 saturated heterocycles. The molecule has 3 aromatic rings. The van der Waals surface area contributed by atoms with Gasteiger partial charge in [-0.1, -0.05) is 24.3 Å². The molecule has 0 aliphatic heterocycles. The van der Waals surface area contributed by atoms with Crippen LogP contribution in [0.2, 0.25) is 0 Å². The van der Waals surface area contributed by atoms with Gasteiger partial charge < -0.3 is 14.9 Å². The van der Waals surface area contributed by atoms with Gasteiger partial charge in [0.2, 0.25) is 5.76 Å². The van der Waals surface area contributed by atoms with Crippen LogP contribution in [0.1, 0.15) is 24.3 Å². The summed E-state index contributed by atoms with van der Waals surface area (Å²) in [4.78, 5) is 0. The average molecular weight is 278 g/mol. The minimum absolute atomic E-state index is 0.0786. The summed E-state index contributed by atoms with van der Waals surface area (Å²) < 4.78 is 11.4. The highest BCUT2D eigenvalue weighted by atomic mass is 16.5. The van der Waals surface area contributed by atoms with Crippen molar-refractivity contribution in [3.05, 3.63) is 59.9 Å². The quantitative estimate of drug-likeness (QED) is 0.782. The van der Waals surface area contributed by atoms with Gasteiger partial charge in [-0.15, -0.1) is 0 Å². The number of benzene rings is 2. The zero-order valence-electron chi connectivity index (χ0n) is 11.5. The van der Waals surface area contributed by atoms with Gasteiger partial charge in [0.25, 0.3) is 0 Å². The Bertz CT molecular complexity index is 828. The van der Waals surface area contributed by atoms with Crippen molar-refractivity contribution in [1.82, 2.24) is 0 Å². The predicted molar refractivity (Wildman–Crippen MR) is 80.0 cm³/mol. The molecule has 1 aromatic heterocycles. The van der Waals surface area contributed by atoms with Gasteiger partial charge in [-0.3, -0.25) is 0 Å². The maximum absolute atomic E-state index is 9.20. The molecule has 0 aliphatic carbocycles. The third kappa shape index (κ3) is 2.47. The van der Waals surface area contributed by atoms with Gasteiger partial charge in [0.05, 0.1) is 5.39 Å². The molecule has 104 valence electrons. The lowest BCUT2D eigenvalue weighted by atomic mass is 10.1. The van der Waals surface area contributed by atoms with E-state index in [-0.39, 0.29) is 11.8 Å². The summed E-state index contributed by atoms with van der Waals surface area (Å²) in [6, 6.07) is 16.9. The molecular weight excluding hydrogens is 264 g/mol. The van der Waals surface area contributed by atoms with Crippen molar-refractivity contribution in [3.8, 4) is 17.6 Å². The Morgan fingerprint density at radius 1 is 1.19 bits per heavy atom. The minimum atomic E-state index is -0.0786. The zero-order chi connectivity index (χ0) is 14.8. The highest BCUT2D eigenvalue weighted by Crippen LogP contribution is 2.36. The van der Waals surface area contributed by atoms with E-state index in [1.54, 1.807) is 6.07 Å².